The minimum Gasteiger partial charge on any atom is -0.459 e. The van der Waals surface area contributed by atoms with Gasteiger partial charge in [-0.05, 0) is 31.0 Å². The summed E-state index contributed by atoms with van der Waals surface area (Å²) in [6, 6.07) is 4.69. The number of hydrogen-bond donors (Lipinski definition) is 1. The van der Waals surface area contributed by atoms with Crippen LogP contribution in [0.5, 0.6) is 0 Å². The van der Waals surface area contributed by atoms with Gasteiger partial charge in [0.05, 0.1) is 5.56 Å². The Hall–Kier alpha value is -1.22. The van der Waals surface area contributed by atoms with Crippen molar-refractivity contribution in [2.45, 2.75) is 26.9 Å². The van der Waals surface area contributed by atoms with E-state index >= 15 is 0 Å². The Balaban J connectivity index is 2.80. The fraction of sp³-hybridized carbons (Fsp3) is 0.417. The van der Waals surface area contributed by atoms with Crippen LogP contribution in [-0.4, -0.2) is 12.1 Å². The highest BCUT2D eigenvalue weighted by Crippen LogP contribution is 2.18. The van der Waals surface area contributed by atoms with Crippen molar-refractivity contribution in [3.8, 4) is 0 Å². The first-order valence-corrected chi connectivity index (χ1v) is 5.55. The van der Waals surface area contributed by atoms with Crippen LogP contribution in [0.3, 0.4) is 0 Å². The molecule has 0 amide bonds. The van der Waals surface area contributed by atoms with Gasteiger partial charge in [0.1, 0.15) is 6.10 Å². The highest BCUT2D eigenvalue weighted by atomic mass is 35.5. The first-order valence-electron chi connectivity index (χ1n) is 5.17. The maximum absolute atomic E-state index is 11.7. The summed E-state index contributed by atoms with van der Waals surface area (Å²) in [6.07, 6.45) is -0.132. The Morgan fingerprint density at radius 1 is 1.31 bits per heavy atom. The van der Waals surface area contributed by atoms with E-state index in [-0.39, 0.29) is 12.0 Å². The molecule has 0 heterocycles. The van der Waals surface area contributed by atoms with Gasteiger partial charge in [0.15, 0.2) is 0 Å². The summed E-state index contributed by atoms with van der Waals surface area (Å²) in [5, 5.41) is 0.434. The maximum Gasteiger partial charge on any atom is 0.338 e. The van der Waals surface area contributed by atoms with Crippen molar-refractivity contribution in [1.82, 2.24) is 0 Å². The van der Waals surface area contributed by atoms with Crippen molar-refractivity contribution < 1.29 is 9.53 Å². The first kappa shape index (κ1) is 12.8. The van der Waals surface area contributed by atoms with Crippen LogP contribution in [0.2, 0.25) is 5.02 Å². The van der Waals surface area contributed by atoms with E-state index in [4.69, 9.17) is 22.1 Å². The van der Waals surface area contributed by atoms with Gasteiger partial charge in [-0.1, -0.05) is 25.4 Å². The summed E-state index contributed by atoms with van der Waals surface area (Å²) in [7, 11) is 0. The predicted octanol–water partition coefficient (Wildman–Crippen LogP) is 3.12. The van der Waals surface area contributed by atoms with E-state index in [0.717, 1.165) is 0 Å². The average Bonchev–Trinajstić information content (AvgIpc) is 2.15. The lowest BCUT2D eigenvalue weighted by atomic mass is 10.1. The summed E-state index contributed by atoms with van der Waals surface area (Å²) in [5.74, 6) is -0.115. The molecular weight excluding hydrogens is 226 g/mol. The number of carbonyl (C=O) groups excluding carboxylic acids is 1. The first-order chi connectivity index (χ1) is 7.40. The molecule has 3 nitrogen and oxygen atoms in total. The maximum atomic E-state index is 11.7. The van der Waals surface area contributed by atoms with Crippen molar-refractivity contribution in [3.63, 3.8) is 0 Å². The van der Waals surface area contributed by atoms with E-state index in [2.05, 4.69) is 0 Å². The van der Waals surface area contributed by atoms with E-state index < -0.39 is 5.97 Å². The molecule has 0 fully saturated rings. The highest BCUT2D eigenvalue weighted by molar-refractivity contribution is 6.31. The number of carbonyl (C=O) groups is 1. The van der Waals surface area contributed by atoms with Crippen molar-refractivity contribution in [2.24, 2.45) is 5.92 Å². The second-order valence-electron chi connectivity index (χ2n) is 4.13. The second kappa shape index (κ2) is 5.21. The summed E-state index contributed by atoms with van der Waals surface area (Å²) >= 11 is 5.81. The molecule has 0 aliphatic heterocycles. The number of nitrogens with two attached hydrogens (primary N) is 1. The molecule has 4 heteroatoms. The molecule has 1 unspecified atom stereocenters. The molecule has 1 rings (SSSR count). The van der Waals surface area contributed by atoms with Crippen molar-refractivity contribution >= 4 is 23.3 Å². The molecule has 0 aromatic heterocycles. The van der Waals surface area contributed by atoms with Crippen LogP contribution in [0.4, 0.5) is 5.69 Å². The molecule has 88 valence electrons. The Morgan fingerprint density at radius 3 is 2.44 bits per heavy atom. The van der Waals surface area contributed by atoms with Crippen LogP contribution in [0.25, 0.3) is 0 Å². The van der Waals surface area contributed by atoms with Crippen LogP contribution in [-0.2, 0) is 4.74 Å². The number of ether oxygens (including phenoxy) is 1. The van der Waals surface area contributed by atoms with Gasteiger partial charge in [0.2, 0.25) is 0 Å². The van der Waals surface area contributed by atoms with E-state index in [1.807, 2.05) is 20.8 Å². The van der Waals surface area contributed by atoms with Crippen LogP contribution >= 0.6 is 11.6 Å². The Kier molecular flexibility index (Phi) is 4.19. The lowest BCUT2D eigenvalue weighted by Gasteiger charge is -2.16. The van der Waals surface area contributed by atoms with Gasteiger partial charge < -0.3 is 10.5 Å². The number of esters is 1. The fourth-order valence-electron chi connectivity index (χ4n) is 1.10. The molecule has 0 radical (unpaired) electrons. The van der Waals surface area contributed by atoms with E-state index in [1.165, 1.54) is 0 Å². The van der Waals surface area contributed by atoms with Crippen LogP contribution in [0.15, 0.2) is 18.2 Å². The largest absolute Gasteiger partial charge is 0.459 e. The van der Waals surface area contributed by atoms with Crippen LogP contribution in [0.1, 0.15) is 31.1 Å². The molecule has 0 saturated carbocycles. The number of anilines is 1. The van der Waals surface area contributed by atoms with Crippen molar-refractivity contribution in [2.75, 3.05) is 5.73 Å². The number of rotatable bonds is 3. The monoisotopic (exact) mass is 241 g/mol. The third-order valence-corrected chi connectivity index (χ3v) is 2.61. The van der Waals surface area contributed by atoms with Gasteiger partial charge in [-0.3, -0.25) is 0 Å². The zero-order valence-electron chi connectivity index (χ0n) is 9.66. The van der Waals surface area contributed by atoms with Crippen LogP contribution < -0.4 is 5.73 Å². The average molecular weight is 242 g/mol. The number of nitrogen functional groups attached to an aromatic ring is 1. The lowest BCUT2D eigenvalue weighted by Crippen LogP contribution is -2.20. The third-order valence-electron chi connectivity index (χ3n) is 2.39. The zero-order chi connectivity index (χ0) is 12.3. The molecule has 0 spiro atoms. The minimum atomic E-state index is -0.393. The molecular formula is C12H16ClNO2. The summed E-state index contributed by atoms with van der Waals surface area (Å²) in [5.41, 5.74) is 6.44. The Labute approximate surface area is 101 Å². The van der Waals surface area contributed by atoms with Gasteiger partial charge in [-0.2, -0.15) is 0 Å². The quantitative estimate of drug-likeness (QED) is 0.654. The molecule has 1 atom stereocenters. The van der Waals surface area contributed by atoms with E-state index in [9.17, 15) is 4.79 Å². The summed E-state index contributed by atoms with van der Waals surface area (Å²) < 4.78 is 5.25. The standard InChI is InChI=1S/C12H16ClNO2/c1-7(2)8(3)16-12(15)9-4-10(13)6-11(14)5-9/h4-8H,14H2,1-3H3. The molecule has 1 aromatic rings. The summed E-state index contributed by atoms with van der Waals surface area (Å²) in [6.45, 7) is 5.84. The normalized spacial score (nSPS) is 12.6. The van der Waals surface area contributed by atoms with Crippen molar-refractivity contribution in [3.05, 3.63) is 28.8 Å². The van der Waals surface area contributed by atoms with E-state index in [0.29, 0.717) is 16.3 Å². The van der Waals surface area contributed by atoms with Gasteiger partial charge in [-0.25, -0.2) is 4.79 Å². The lowest BCUT2D eigenvalue weighted by molar-refractivity contribution is 0.0238. The predicted molar refractivity (Wildman–Crippen MR) is 65.6 cm³/mol. The fourth-order valence-corrected chi connectivity index (χ4v) is 1.35. The number of hydrogen-bond acceptors (Lipinski definition) is 3. The highest BCUT2D eigenvalue weighted by Gasteiger charge is 2.15. The smallest absolute Gasteiger partial charge is 0.338 e. The molecule has 16 heavy (non-hydrogen) atoms. The molecule has 2 N–H and O–H groups in total. The Morgan fingerprint density at radius 2 is 1.94 bits per heavy atom. The molecule has 0 aliphatic rings. The topological polar surface area (TPSA) is 52.3 Å². The number of halogens is 1. The molecule has 0 bridgehead atoms. The summed E-state index contributed by atoms with van der Waals surface area (Å²) in [4.78, 5) is 11.7. The van der Waals surface area contributed by atoms with Gasteiger partial charge in [-0.15, -0.1) is 0 Å². The third kappa shape index (κ3) is 3.42. The molecule has 0 aliphatic carbocycles. The minimum absolute atomic E-state index is 0.132. The SMILES string of the molecule is CC(C)C(C)OC(=O)c1cc(N)cc(Cl)c1. The van der Waals surface area contributed by atoms with Crippen LogP contribution in [0, 0.1) is 5.92 Å². The van der Waals surface area contributed by atoms with Gasteiger partial charge in [0.25, 0.3) is 0 Å². The van der Waals surface area contributed by atoms with Gasteiger partial charge >= 0.3 is 5.97 Å². The number of benzene rings is 1. The second-order valence-corrected chi connectivity index (χ2v) is 4.56. The molecule has 1 aromatic carbocycles. The molecule has 0 saturated heterocycles. The Bertz CT molecular complexity index is 370. The zero-order valence-corrected chi connectivity index (χ0v) is 10.4. The van der Waals surface area contributed by atoms with Gasteiger partial charge in [0, 0.05) is 10.7 Å². The van der Waals surface area contributed by atoms with Crippen molar-refractivity contribution in [1.29, 1.82) is 0 Å². The van der Waals surface area contributed by atoms with E-state index in [1.54, 1.807) is 18.2 Å².